The summed E-state index contributed by atoms with van der Waals surface area (Å²) in [5.41, 5.74) is -0.126. The summed E-state index contributed by atoms with van der Waals surface area (Å²) in [6, 6.07) is 11.3. The van der Waals surface area contributed by atoms with Gasteiger partial charge in [0.15, 0.2) is 13.2 Å². The van der Waals surface area contributed by atoms with E-state index in [1.807, 2.05) is 0 Å². The van der Waals surface area contributed by atoms with Crippen molar-refractivity contribution < 1.29 is 27.9 Å². The summed E-state index contributed by atoms with van der Waals surface area (Å²) >= 11 is 0. The molecular formula is C19H17NO7. The van der Waals surface area contributed by atoms with E-state index < -0.39 is 18.2 Å². The predicted molar refractivity (Wildman–Crippen MR) is 94.1 cm³/mol. The molecule has 3 aromatic rings. The predicted octanol–water partition coefficient (Wildman–Crippen LogP) is 1.97. The first-order chi connectivity index (χ1) is 13.0. The average molecular weight is 371 g/mol. The third-order valence-electron chi connectivity index (χ3n) is 3.71. The molecule has 0 N–H and O–H groups in total. The van der Waals surface area contributed by atoms with Gasteiger partial charge in [-0.1, -0.05) is 0 Å². The quantitative estimate of drug-likeness (QED) is 0.462. The van der Waals surface area contributed by atoms with Crippen molar-refractivity contribution in [2.45, 2.75) is 6.54 Å². The number of benzene rings is 1. The van der Waals surface area contributed by atoms with Crippen LogP contribution in [0.4, 0.5) is 0 Å². The molecule has 0 saturated carbocycles. The zero-order valence-corrected chi connectivity index (χ0v) is 14.5. The van der Waals surface area contributed by atoms with E-state index in [0.29, 0.717) is 17.1 Å². The van der Waals surface area contributed by atoms with E-state index in [0.717, 1.165) is 5.39 Å². The molecule has 1 aromatic carbocycles. The highest BCUT2D eigenvalue weighted by Crippen LogP contribution is 2.19. The van der Waals surface area contributed by atoms with Gasteiger partial charge in [0.25, 0.3) is 5.91 Å². The largest absolute Gasteiger partial charge is 0.482 e. The molecule has 8 nitrogen and oxygen atoms in total. The van der Waals surface area contributed by atoms with Gasteiger partial charge in [0, 0.05) is 24.6 Å². The number of esters is 1. The Morgan fingerprint density at radius 1 is 1.11 bits per heavy atom. The second-order valence-corrected chi connectivity index (χ2v) is 5.73. The van der Waals surface area contributed by atoms with Crippen molar-refractivity contribution in [1.29, 1.82) is 0 Å². The summed E-state index contributed by atoms with van der Waals surface area (Å²) in [6.45, 7) is -0.494. The fourth-order valence-corrected chi connectivity index (χ4v) is 2.29. The van der Waals surface area contributed by atoms with E-state index in [1.165, 1.54) is 23.3 Å². The number of nitrogens with zero attached hydrogens (tertiary/aromatic N) is 1. The zero-order valence-electron chi connectivity index (χ0n) is 14.5. The highest BCUT2D eigenvalue weighted by atomic mass is 16.6. The normalized spacial score (nSPS) is 10.6. The van der Waals surface area contributed by atoms with Crippen molar-refractivity contribution >= 4 is 22.8 Å². The molecule has 3 rings (SSSR count). The molecule has 0 saturated heterocycles. The number of ether oxygens (including phenoxy) is 2. The molecule has 0 bridgehead atoms. The minimum atomic E-state index is -0.690. The van der Waals surface area contributed by atoms with Gasteiger partial charge in [-0.25, -0.2) is 9.59 Å². The lowest BCUT2D eigenvalue weighted by atomic mass is 10.2. The Balaban J connectivity index is 1.46. The monoisotopic (exact) mass is 371 g/mol. The number of furan rings is 1. The Kier molecular flexibility index (Phi) is 5.55. The molecule has 0 aliphatic heterocycles. The van der Waals surface area contributed by atoms with Gasteiger partial charge >= 0.3 is 11.6 Å². The van der Waals surface area contributed by atoms with Crippen LogP contribution in [0.3, 0.4) is 0 Å². The van der Waals surface area contributed by atoms with Crippen molar-refractivity contribution in [3.63, 3.8) is 0 Å². The van der Waals surface area contributed by atoms with Gasteiger partial charge in [-0.2, -0.15) is 0 Å². The maximum atomic E-state index is 12.0. The Morgan fingerprint density at radius 3 is 2.70 bits per heavy atom. The highest BCUT2D eigenvalue weighted by molar-refractivity contribution is 5.81. The van der Waals surface area contributed by atoms with Crippen molar-refractivity contribution in [2.75, 3.05) is 20.3 Å². The fourth-order valence-electron chi connectivity index (χ4n) is 2.29. The van der Waals surface area contributed by atoms with E-state index in [1.54, 1.807) is 37.4 Å². The Morgan fingerprint density at radius 2 is 1.93 bits per heavy atom. The van der Waals surface area contributed by atoms with Crippen LogP contribution in [0.25, 0.3) is 11.0 Å². The Bertz CT molecular complexity index is 991. The molecule has 2 aromatic heterocycles. The van der Waals surface area contributed by atoms with Gasteiger partial charge in [0.2, 0.25) is 0 Å². The highest BCUT2D eigenvalue weighted by Gasteiger charge is 2.14. The lowest BCUT2D eigenvalue weighted by molar-refractivity contribution is -0.153. The molecular weight excluding hydrogens is 354 g/mol. The van der Waals surface area contributed by atoms with Gasteiger partial charge in [0.1, 0.15) is 17.1 Å². The molecule has 8 heteroatoms. The van der Waals surface area contributed by atoms with E-state index in [9.17, 15) is 14.4 Å². The molecule has 1 amide bonds. The first kappa shape index (κ1) is 18.2. The van der Waals surface area contributed by atoms with Crippen molar-refractivity contribution in [2.24, 2.45) is 0 Å². The van der Waals surface area contributed by atoms with Crippen LogP contribution in [0.5, 0.6) is 5.75 Å². The lowest BCUT2D eigenvalue weighted by Crippen LogP contribution is -2.31. The van der Waals surface area contributed by atoms with Crippen molar-refractivity contribution in [1.82, 2.24) is 4.90 Å². The maximum absolute atomic E-state index is 12.0. The smallest absolute Gasteiger partial charge is 0.344 e. The van der Waals surface area contributed by atoms with E-state index in [4.69, 9.17) is 18.3 Å². The van der Waals surface area contributed by atoms with Crippen molar-refractivity contribution in [3.05, 3.63) is 64.9 Å². The molecule has 0 spiro atoms. The molecule has 27 heavy (non-hydrogen) atoms. The first-order valence-electron chi connectivity index (χ1n) is 8.10. The number of rotatable bonds is 7. The van der Waals surface area contributed by atoms with Crippen LogP contribution in [0.1, 0.15) is 5.76 Å². The maximum Gasteiger partial charge on any atom is 0.344 e. The second-order valence-electron chi connectivity index (χ2n) is 5.73. The molecule has 0 fully saturated rings. The third-order valence-corrected chi connectivity index (χ3v) is 3.71. The summed E-state index contributed by atoms with van der Waals surface area (Å²) in [6.07, 6.45) is 1.52. The number of carbonyl (C=O) groups is 2. The fraction of sp³-hybridized carbons (Fsp3) is 0.211. The van der Waals surface area contributed by atoms with Gasteiger partial charge in [-0.05, 0) is 30.3 Å². The SMILES string of the molecule is CN(Cc1ccco1)C(=O)COC(=O)COc1ccc2ccc(=O)oc2c1. The molecule has 0 atom stereocenters. The third kappa shape index (κ3) is 4.97. The van der Waals surface area contributed by atoms with Crippen molar-refractivity contribution in [3.8, 4) is 5.75 Å². The topological polar surface area (TPSA) is 99.2 Å². The molecule has 0 radical (unpaired) electrons. The van der Waals surface area contributed by atoms with Crippen LogP contribution in [0.15, 0.2) is 62.4 Å². The second kappa shape index (κ2) is 8.22. The van der Waals surface area contributed by atoms with Crippen LogP contribution in [0, 0.1) is 0 Å². The minimum absolute atomic E-state index is 0.280. The van der Waals surface area contributed by atoms with Crippen LogP contribution in [0.2, 0.25) is 0 Å². The van der Waals surface area contributed by atoms with Gasteiger partial charge in [0.05, 0.1) is 12.8 Å². The van der Waals surface area contributed by atoms with Crippen LogP contribution in [-0.4, -0.2) is 37.0 Å². The van der Waals surface area contributed by atoms with E-state index in [2.05, 4.69) is 0 Å². The van der Waals surface area contributed by atoms with Gasteiger partial charge < -0.3 is 23.2 Å². The number of carbonyl (C=O) groups excluding carboxylic acids is 2. The Labute approximate surface area is 153 Å². The zero-order chi connectivity index (χ0) is 19.2. The number of hydrogen-bond donors (Lipinski definition) is 0. The molecule has 2 heterocycles. The molecule has 0 unspecified atom stereocenters. The molecule has 0 aliphatic carbocycles. The van der Waals surface area contributed by atoms with E-state index >= 15 is 0 Å². The van der Waals surface area contributed by atoms with Crippen LogP contribution in [-0.2, 0) is 20.9 Å². The van der Waals surface area contributed by atoms with Crippen LogP contribution < -0.4 is 10.4 Å². The summed E-state index contributed by atoms with van der Waals surface area (Å²) in [5, 5.41) is 0.731. The summed E-state index contributed by atoms with van der Waals surface area (Å²) in [7, 11) is 1.58. The number of fused-ring (bicyclic) bond motifs is 1. The summed E-state index contributed by atoms with van der Waals surface area (Å²) in [4.78, 5) is 36.3. The number of amides is 1. The van der Waals surface area contributed by atoms with Gasteiger partial charge in [-0.15, -0.1) is 0 Å². The molecule has 0 aliphatic rings. The summed E-state index contributed by atoms with van der Waals surface area (Å²) < 4.78 is 20.4. The minimum Gasteiger partial charge on any atom is -0.482 e. The number of hydrogen-bond acceptors (Lipinski definition) is 7. The van der Waals surface area contributed by atoms with E-state index in [-0.39, 0.29) is 19.1 Å². The van der Waals surface area contributed by atoms with Crippen LogP contribution >= 0.6 is 0 Å². The Hall–Kier alpha value is -3.55. The summed E-state index contributed by atoms with van der Waals surface area (Å²) in [5.74, 6) is -0.0879. The standard InChI is InChI=1S/C19H17NO7/c1-20(10-15-3-2-8-24-15)17(21)11-26-19(23)12-25-14-6-4-13-5-7-18(22)27-16(13)9-14/h2-9H,10-12H2,1H3. The van der Waals surface area contributed by atoms with Gasteiger partial charge in [-0.3, -0.25) is 4.79 Å². The number of likely N-dealkylation sites (N-methyl/N-ethyl adjacent to an activating group) is 1. The first-order valence-corrected chi connectivity index (χ1v) is 8.10. The molecule has 140 valence electrons. The lowest BCUT2D eigenvalue weighted by Gasteiger charge is -2.15. The average Bonchev–Trinajstić information content (AvgIpc) is 3.16.